The van der Waals surface area contributed by atoms with Gasteiger partial charge in [0, 0.05) is 30.4 Å². The van der Waals surface area contributed by atoms with Gasteiger partial charge in [0.15, 0.2) is 0 Å². The van der Waals surface area contributed by atoms with E-state index < -0.39 is 5.54 Å². The lowest BCUT2D eigenvalue weighted by molar-refractivity contribution is -0.137. The van der Waals surface area contributed by atoms with Crippen molar-refractivity contribution in [3.63, 3.8) is 0 Å². The second-order valence-corrected chi connectivity index (χ2v) is 8.97. The van der Waals surface area contributed by atoms with Crippen LogP contribution in [0.25, 0.3) is 0 Å². The van der Waals surface area contributed by atoms with Crippen molar-refractivity contribution < 1.29 is 14.3 Å². The number of carbonyl (C=O) groups excluding carboxylic acids is 2. The van der Waals surface area contributed by atoms with Crippen LogP contribution in [-0.2, 0) is 19.9 Å². The molecule has 5 rings (SSSR count). The average Bonchev–Trinajstić information content (AvgIpc) is 3.48. The molecule has 3 heterocycles. The van der Waals surface area contributed by atoms with Crippen molar-refractivity contribution in [2.24, 2.45) is 5.92 Å². The smallest absolute Gasteiger partial charge is 0.250 e. The Kier molecular flexibility index (Phi) is 5.08. The van der Waals surface area contributed by atoms with Crippen LogP contribution in [0.2, 0.25) is 0 Å². The lowest BCUT2D eigenvalue weighted by Gasteiger charge is -2.36. The van der Waals surface area contributed by atoms with Crippen molar-refractivity contribution in [2.75, 3.05) is 25.0 Å². The van der Waals surface area contributed by atoms with Crippen molar-refractivity contribution in [1.29, 1.82) is 0 Å². The molecule has 2 N–H and O–H groups in total. The minimum absolute atomic E-state index is 0.00659. The molecule has 156 valence electrons. The zero-order valence-electron chi connectivity index (χ0n) is 17.0. The Balaban J connectivity index is 1.28. The first kappa shape index (κ1) is 19.1. The Labute approximate surface area is 172 Å². The number of hydrogen-bond acceptors (Lipinski definition) is 4. The highest BCUT2D eigenvalue weighted by Gasteiger charge is 2.65. The van der Waals surface area contributed by atoms with E-state index >= 15 is 0 Å². The third kappa shape index (κ3) is 3.08. The van der Waals surface area contributed by atoms with Crippen molar-refractivity contribution in [2.45, 2.75) is 69.1 Å². The van der Waals surface area contributed by atoms with Crippen LogP contribution in [0.3, 0.4) is 0 Å². The quantitative estimate of drug-likeness (QED) is 0.724. The second kappa shape index (κ2) is 7.73. The number of rotatable bonds is 6. The van der Waals surface area contributed by atoms with E-state index in [-0.39, 0.29) is 17.7 Å². The standard InChI is InChI=1S/C23H31N3O3/c27-21(24-12-6-14-29-17-8-1-2-9-17)19-15-16-7-5-13-26(16)23(19)18-10-3-4-11-20(18)25-22(23)28/h3-4,10-11,16-17,19H,1-2,5-9,12-15H2,(H,24,27)(H,25,28)/t16-,19+,23+/m1/s1. The summed E-state index contributed by atoms with van der Waals surface area (Å²) in [6.45, 7) is 2.18. The van der Waals surface area contributed by atoms with E-state index in [1.54, 1.807) is 0 Å². The van der Waals surface area contributed by atoms with Gasteiger partial charge in [0.1, 0.15) is 5.54 Å². The fraction of sp³-hybridized carbons (Fsp3) is 0.652. The number of carbonyl (C=O) groups is 2. The molecule has 4 aliphatic rings. The van der Waals surface area contributed by atoms with Gasteiger partial charge in [0.05, 0.1) is 12.0 Å². The Morgan fingerprint density at radius 1 is 1.21 bits per heavy atom. The first-order chi connectivity index (χ1) is 14.2. The Hall–Kier alpha value is -1.92. The number of anilines is 1. The van der Waals surface area contributed by atoms with E-state index in [9.17, 15) is 9.59 Å². The molecule has 6 nitrogen and oxygen atoms in total. The molecule has 2 saturated heterocycles. The van der Waals surface area contributed by atoms with Crippen LogP contribution in [0, 0.1) is 5.92 Å². The molecule has 2 amide bonds. The first-order valence-corrected chi connectivity index (χ1v) is 11.3. The summed E-state index contributed by atoms with van der Waals surface area (Å²) in [6.07, 6.45) is 9.02. The van der Waals surface area contributed by atoms with Crippen LogP contribution in [0.15, 0.2) is 24.3 Å². The van der Waals surface area contributed by atoms with Gasteiger partial charge in [-0.05, 0) is 51.1 Å². The van der Waals surface area contributed by atoms with E-state index in [1.165, 1.54) is 25.7 Å². The molecule has 29 heavy (non-hydrogen) atoms. The molecule has 1 saturated carbocycles. The summed E-state index contributed by atoms with van der Waals surface area (Å²) >= 11 is 0. The number of amides is 2. The lowest BCUT2D eigenvalue weighted by Crippen LogP contribution is -2.54. The van der Waals surface area contributed by atoms with Crippen LogP contribution < -0.4 is 10.6 Å². The molecule has 0 aromatic heterocycles. The van der Waals surface area contributed by atoms with Crippen molar-refractivity contribution in [1.82, 2.24) is 10.2 Å². The fourth-order valence-corrected chi connectivity index (χ4v) is 6.09. The predicted molar refractivity (Wildman–Crippen MR) is 110 cm³/mol. The minimum atomic E-state index is -0.845. The molecule has 0 bridgehead atoms. The van der Waals surface area contributed by atoms with Gasteiger partial charge in [-0.2, -0.15) is 0 Å². The van der Waals surface area contributed by atoms with E-state index in [1.807, 2.05) is 24.3 Å². The van der Waals surface area contributed by atoms with E-state index in [2.05, 4.69) is 15.5 Å². The molecule has 1 spiro atoms. The van der Waals surface area contributed by atoms with Gasteiger partial charge in [-0.3, -0.25) is 14.5 Å². The molecule has 6 heteroatoms. The lowest BCUT2D eigenvalue weighted by atomic mass is 9.78. The Morgan fingerprint density at radius 2 is 2.03 bits per heavy atom. The van der Waals surface area contributed by atoms with E-state index in [4.69, 9.17) is 4.74 Å². The molecular formula is C23H31N3O3. The topological polar surface area (TPSA) is 70.7 Å². The predicted octanol–water partition coefficient (Wildman–Crippen LogP) is 2.78. The number of hydrogen-bond donors (Lipinski definition) is 2. The summed E-state index contributed by atoms with van der Waals surface area (Å²) in [6, 6.07) is 8.19. The SMILES string of the molecule is O=C(NCCCOC1CCCC1)[C@@H]1C[C@H]2CCCN2[C@]12C(=O)Nc1ccccc12. The highest BCUT2D eigenvalue weighted by Crippen LogP contribution is 2.55. The molecule has 3 atom stereocenters. The van der Waals surface area contributed by atoms with Crippen LogP contribution in [0.5, 0.6) is 0 Å². The van der Waals surface area contributed by atoms with Crippen LogP contribution in [0.1, 0.15) is 56.9 Å². The van der Waals surface area contributed by atoms with E-state index in [0.717, 1.165) is 43.5 Å². The Morgan fingerprint density at radius 3 is 2.90 bits per heavy atom. The maximum atomic E-state index is 13.3. The molecule has 1 aliphatic carbocycles. The molecule has 1 aromatic rings. The summed E-state index contributed by atoms with van der Waals surface area (Å²) < 4.78 is 5.90. The summed E-state index contributed by atoms with van der Waals surface area (Å²) in [7, 11) is 0. The van der Waals surface area contributed by atoms with Gasteiger partial charge < -0.3 is 15.4 Å². The summed E-state index contributed by atoms with van der Waals surface area (Å²) in [5.74, 6) is -0.368. The molecule has 0 radical (unpaired) electrons. The minimum Gasteiger partial charge on any atom is -0.378 e. The number of ether oxygens (including phenoxy) is 1. The number of fused-ring (bicyclic) bond motifs is 4. The number of nitrogens with one attached hydrogen (secondary N) is 2. The normalized spacial score (nSPS) is 31.2. The fourth-order valence-electron chi connectivity index (χ4n) is 6.09. The van der Waals surface area contributed by atoms with Gasteiger partial charge in [-0.25, -0.2) is 0 Å². The van der Waals surface area contributed by atoms with Gasteiger partial charge in [-0.1, -0.05) is 31.0 Å². The van der Waals surface area contributed by atoms with Crippen LogP contribution >= 0.6 is 0 Å². The van der Waals surface area contributed by atoms with Crippen molar-refractivity contribution in [3.8, 4) is 0 Å². The summed E-state index contributed by atoms with van der Waals surface area (Å²) in [5.41, 5.74) is 0.981. The number of benzene rings is 1. The highest BCUT2D eigenvalue weighted by atomic mass is 16.5. The van der Waals surface area contributed by atoms with Crippen LogP contribution in [-0.4, -0.2) is 48.6 Å². The van der Waals surface area contributed by atoms with Crippen molar-refractivity contribution in [3.05, 3.63) is 29.8 Å². The van der Waals surface area contributed by atoms with Crippen LogP contribution in [0.4, 0.5) is 5.69 Å². The number of para-hydroxylation sites is 1. The van der Waals surface area contributed by atoms with Gasteiger partial charge in [-0.15, -0.1) is 0 Å². The average molecular weight is 398 g/mol. The zero-order chi connectivity index (χ0) is 19.8. The van der Waals surface area contributed by atoms with Crippen molar-refractivity contribution >= 4 is 17.5 Å². The molecule has 0 unspecified atom stereocenters. The third-order valence-electron chi connectivity index (χ3n) is 7.37. The maximum absolute atomic E-state index is 13.3. The highest BCUT2D eigenvalue weighted by molar-refractivity contribution is 6.09. The maximum Gasteiger partial charge on any atom is 0.250 e. The molecule has 3 aliphatic heterocycles. The Bertz CT molecular complexity index is 791. The summed E-state index contributed by atoms with van der Waals surface area (Å²) in [4.78, 5) is 28.8. The van der Waals surface area contributed by atoms with Gasteiger partial charge in [0.25, 0.3) is 0 Å². The first-order valence-electron chi connectivity index (χ1n) is 11.3. The monoisotopic (exact) mass is 397 g/mol. The molecular weight excluding hydrogens is 366 g/mol. The number of nitrogens with zero attached hydrogens (tertiary/aromatic N) is 1. The van der Waals surface area contributed by atoms with Gasteiger partial charge in [0.2, 0.25) is 11.8 Å². The summed E-state index contributed by atoms with van der Waals surface area (Å²) in [5, 5.41) is 6.17. The van der Waals surface area contributed by atoms with Gasteiger partial charge >= 0.3 is 0 Å². The largest absolute Gasteiger partial charge is 0.378 e. The zero-order valence-corrected chi connectivity index (χ0v) is 17.0. The second-order valence-electron chi connectivity index (χ2n) is 8.97. The molecule has 3 fully saturated rings. The molecule has 1 aromatic carbocycles. The van der Waals surface area contributed by atoms with E-state index in [0.29, 0.717) is 25.3 Å². The third-order valence-corrected chi connectivity index (χ3v) is 7.37.